The predicted molar refractivity (Wildman–Crippen MR) is 157 cm³/mol. The molecule has 1 spiro atoms. The van der Waals surface area contributed by atoms with Gasteiger partial charge in [-0.25, -0.2) is 4.79 Å². The van der Waals surface area contributed by atoms with Crippen LogP contribution in [0, 0.1) is 17.8 Å². The molecule has 0 aromatic heterocycles. The van der Waals surface area contributed by atoms with E-state index < -0.39 is 0 Å². The Kier molecular flexibility index (Phi) is 8.04. The molecule has 0 amide bonds. The SMILES string of the molecule is COC(=O)c1ccc2c(c1)N(C[C@@H]1CC[C@H]1[C@@H](OC)[C@@H]1CCC[C@@H](O)C1)C[C@@]1(CCCc3cc(Cl)ccc31)CO2. The lowest BCUT2D eigenvalue weighted by Gasteiger charge is -2.48. The monoisotopic (exact) mass is 567 g/mol. The normalized spacial score (nSPS) is 30.4. The van der Waals surface area contributed by atoms with Crippen molar-refractivity contribution in [3.63, 3.8) is 0 Å². The summed E-state index contributed by atoms with van der Waals surface area (Å²) in [5.74, 6) is 1.83. The molecule has 6 nitrogen and oxygen atoms in total. The number of hydrogen-bond acceptors (Lipinski definition) is 6. The molecular formula is C33H42ClNO5. The van der Waals surface area contributed by atoms with Gasteiger partial charge in [-0.2, -0.15) is 0 Å². The van der Waals surface area contributed by atoms with Crippen LogP contribution in [-0.2, 0) is 21.3 Å². The van der Waals surface area contributed by atoms with Gasteiger partial charge in [0.1, 0.15) is 5.75 Å². The van der Waals surface area contributed by atoms with Gasteiger partial charge in [0.05, 0.1) is 37.2 Å². The lowest BCUT2D eigenvalue weighted by molar-refractivity contribution is -0.0721. The van der Waals surface area contributed by atoms with E-state index in [-0.39, 0.29) is 23.6 Å². The van der Waals surface area contributed by atoms with E-state index in [1.54, 1.807) is 6.07 Å². The molecule has 1 aliphatic heterocycles. The number of fused-ring (bicyclic) bond motifs is 3. The number of rotatable bonds is 6. The lowest BCUT2D eigenvalue weighted by Crippen LogP contribution is -2.51. The molecule has 1 N–H and O–H groups in total. The van der Waals surface area contributed by atoms with E-state index in [0.29, 0.717) is 29.9 Å². The van der Waals surface area contributed by atoms with Crippen LogP contribution in [0.15, 0.2) is 36.4 Å². The number of aryl methyl sites for hydroxylation is 1. The maximum atomic E-state index is 12.5. The number of methoxy groups -OCH3 is 2. The summed E-state index contributed by atoms with van der Waals surface area (Å²) in [6.07, 6.45) is 9.39. The third kappa shape index (κ3) is 5.23. The average Bonchev–Trinajstić information content (AvgIpc) is 3.10. The first-order chi connectivity index (χ1) is 19.4. The van der Waals surface area contributed by atoms with Crippen molar-refractivity contribution in [1.29, 1.82) is 0 Å². The van der Waals surface area contributed by atoms with E-state index in [0.717, 1.165) is 87.3 Å². The van der Waals surface area contributed by atoms with Crippen LogP contribution in [0.2, 0.25) is 5.02 Å². The van der Waals surface area contributed by atoms with Crippen LogP contribution in [0.5, 0.6) is 5.75 Å². The molecule has 7 heteroatoms. The maximum absolute atomic E-state index is 12.5. The standard InChI is InChI=1S/C33H42ClNO5/c1-38-31(22-5-3-7-26(36)16-22)27-11-8-24(27)18-35-19-33(14-4-6-21-15-25(34)10-12-28(21)33)20-40-30-13-9-23(17-29(30)35)32(37)39-2/h9-10,12-13,15,17,22,24,26-27,31,36H,3-8,11,14,16,18-20H2,1-2H3/t22-,24+,26-,27-,31+,33+/m1/s1. The zero-order valence-corrected chi connectivity index (χ0v) is 24.5. The summed E-state index contributed by atoms with van der Waals surface area (Å²) in [6, 6.07) is 12.0. The van der Waals surface area contributed by atoms with E-state index in [4.69, 9.17) is 25.8 Å². The summed E-state index contributed by atoms with van der Waals surface area (Å²) >= 11 is 6.41. The molecule has 4 aliphatic rings. The number of ether oxygens (including phenoxy) is 3. The number of anilines is 1. The Balaban J connectivity index is 1.33. The predicted octanol–water partition coefficient (Wildman–Crippen LogP) is 6.19. The molecule has 0 radical (unpaired) electrons. The molecule has 0 unspecified atom stereocenters. The summed E-state index contributed by atoms with van der Waals surface area (Å²) < 4.78 is 17.8. The van der Waals surface area contributed by atoms with Gasteiger partial charge in [-0.15, -0.1) is 0 Å². The van der Waals surface area contributed by atoms with Crippen molar-refractivity contribution in [2.24, 2.45) is 17.8 Å². The molecule has 0 bridgehead atoms. The number of nitrogens with zero attached hydrogens (tertiary/aromatic N) is 1. The minimum Gasteiger partial charge on any atom is -0.490 e. The van der Waals surface area contributed by atoms with Crippen molar-refractivity contribution in [1.82, 2.24) is 0 Å². The van der Waals surface area contributed by atoms with Gasteiger partial charge in [0.15, 0.2) is 0 Å². The highest BCUT2D eigenvalue weighted by Crippen LogP contribution is 2.48. The second-order valence-electron chi connectivity index (χ2n) is 12.6. The first kappa shape index (κ1) is 27.9. The Hall–Kier alpha value is -2.28. The Morgan fingerprint density at radius 1 is 1.15 bits per heavy atom. The summed E-state index contributed by atoms with van der Waals surface area (Å²) in [5.41, 5.74) is 4.01. The highest BCUT2D eigenvalue weighted by molar-refractivity contribution is 6.30. The van der Waals surface area contributed by atoms with Gasteiger partial charge in [-0.05, 0) is 111 Å². The maximum Gasteiger partial charge on any atom is 0.337 e. The van der Waals surface area contributed by atoms with Crippen molar-refractivity contribution < 1.29 is 24.1 Å². The Morgan fingerprint density at radius 3 is 2.77 bits per heavy atom. The molecule has 2 fully saturated rings. The smallest absolute Gasteiger partial charge is 0.337 e. The van der Waals surface area contributed by atoms with Gasteiger partial charge >= 0.3 is 5.97 Å². The van der Waals surface area contributed by atoms with Crippen LogP contribution in [0.4, 0.5) is 5.69 Å². The molecular weight excluding hydrogens is 526 g/mol. The van der Waals surface area contributed by atoms with E-state index in [1.165, 1.54) is 18.2 Å². The molecule has 2 saturated carbocycles. The number of carbonyl (C=O) groups excluding carboxylic acids is 1. The number of esters is 1. The Labute approximate surface area is 242 Å². The number of benzene rings is 2. The number of aliphatic hydroxyl groups is 1. The minimum atomic E-state index is -0.337. The molecule has 2 aromatic carbocycles. The van der Waals surface area contributed by atoms with Crippen molar-refractivity contribution >= 4 is 23.3 Å². The van der Waals surface area contributed by atoms with E-state index in [2.05, 4.69) is 17.0 Å². The highest BCUT2D eigenvalue weighted by atomic mass is 35.5. The quantitative estimate of drug-likeness (QED) is 0.420. The van der Waals surface area contributed by atoms with Crippen LogP contribution < -0.4 is 9.64 Å². The van der Waals surface area contributed by atoms with Crippen LogP contribution in [0.3, 0.4) is 0 Å². The fourth-order valence-electron chi connectivity index (χ4n) is 8.11. The topological polar surface area (TPSA) is 68.2 Å². The summed E-state index contributed by atoms with van der Waals surface area (Å²) in [5, 5.41) is 11.2. The van der Waals surface area contributed by atoms with Crippen LogP contribution in [0.1, 0.15) is 72.9 Å². The fourth-order valence-corrected chi connectivity index (χ4v) is 8.31. The van der Waals surface area contributed by atoms with Crippen LogP contribution >= 0.6 is 11.6 Å². The third-order valence-corrected chi connectivity index (χ3v) is 10.5. The molecule has 2 aromatic rings. The zero-order chi connectivity index (χ0) is 27.9. The lowest BCUT2D eigenvalue weighted by atomic mass is 9.65. The second-order valence-corrected chi connectivity index (χ2v) is 13.0. The number of hydrogen-bond donors (Lipinski definition) is 1. The van der Waals surface area contributed by atoms with E-state index in [9.17, 15) is 9.90 Å². The molecule has 216 valence electrons. The van der Waals surface area contributed by atoms with Crippen molar-refractivity contribution in [3.8, 4) is 5.75 Å². The van der Waals surface area contributed by atoms with Gasteiger partial charge in [-0.3, -0.25) is 0 Å². The van der Waals surface area contributed by atoms with Gasteiger partial charge in [0.25, 0.3) is 0 Å². The number of aliphatic hydroxyl groups excluding tert-OH is 1. The van der Waals surface area contributed by atoms with E-state index >= 15 is 0 Å². The molecule has 0 saturated heterocycles. The second kappa shape index (κ2) is 11.5. The summed E-state index contributed by atoms with van der Waals surface area (Å²) in [6.45, 7) is 2.30. The number of halogens is 1. The van der Waals surface area contributed by atoms with Crippen molar-refractivity contribution in [2.75, 3.05) is 38.8 Å². The Bertz CT molecular complexity index is 1240. The first-order valence-corrected chi connectivity index (χ1v) is 15.4. The summed E-state index contributed by atoms with van der Waals surface area (Å²) in [4.78, 5) is 15.0. The molecule has 6 atom stereocenters. The fraction of sp³-hybridized carbons (Fsp3) is 0.606. The van der Waals surface area contributed by atoms with Gasteiger partial charge in [0, 0.05) is 30.6 Å². The van der Waals surface area contributed by atoms with Crippen LogP contribution in [-0.4, -0.2) is 57.2 Å². The molecule has 1 heterocycles. The molecule has 40 heavy (non-hydrogen) atoms. The Morgan fingerprint density at radius 2 is 2.02 bits per heavy atom. The third-order valence-electron chi connectivity index (χ3n) is 10.2. The summed E-state index contributed by atoms with van der Waals surface area (Å²) in [7, 11) is 3.27. The first-order valence-electron chi connectivity index (χ1n) is 15.0. The van der Waals surface area contributed by atoms with E-state index in [1.807, 2.05) is 25.3 Å². The zero-order valence-electron chi connectivity index (χ0n) is 23.7. The molecule has 6 rings (SSSR count). The van der Waals surface area contributed by atoms with Crippen molar-refractivity contribution in [3.05, 3.63) is 58.1 Å². The average molecular weight is 568 g/mol. The van der Waals surface area contributed by atoms with Gasteiger partial charge in [-0.1, -0.05) is 24.1 Å². The minimum absolute atomic E-state index is 0.157. The molecule has 3 aliphatic carbocycles. The van der Waals surface area contributed by atoms with Gasteiger partial charge < -0.3 is 24.2 Å². The van der Waals surface area contributed by atoms with Crippen LogP contribution in [0.25, 0.3) is 0 Å². The number of carbonyl (C=O) groups is 1. The largest absolute Gasteiger partial charge is 0.490 e. The highest BCUT2D eigenvalue weighted by Gasteiger charge is 2.46. The van der Waals surface area contributed by atoms with Crippen molar-refractivity contribution in [2.45, 2.75) is 75.4 Å². The van der Waals surface area contributed by atoms with Gasteiger partial charge in [0.2, 0.25) is 0 Å².